The number of aromatic nitrogens is 2. The summed E-state index contributed by atoms with van der Waals surface area (Å²) in [4.78, 5) is 19.1. The second-order valence-corrected chi connectivity index (χ2v) is 5.35. The maximum atomic E-state index is 12.9. The quantitative estimate of drug-likeness (QED) is 0.613. The Balaban J connectivity index is 2.21. The van der Waals surface area contributed by atoms with E-state index in [1.165, 1.54) is 12.3 Å². The summed E-state index contributed by atoms with van der Waals surface area (Å²) in [6.45, 7) is 0. The highest BCUT2D eigenvalue weighted by molar-refractivity contribution is 6.34. The summed E-state index contributed by atoms with van der Waals surface area (Å²) in [5.74, 6) is -1.46. The Morgan fingerprint density at radius 2 is 1.65 bits per heavy atom. The number of carbonyl (C=O) groups excluding carboxylic acids is 1. The number of nitrogens with one attached hydrogen (secondary N) is 2. The first-order valence-corrected chi connectivity index (χ1v) is 6.92. The van der Waals surface area contributed by atoms with Crippen molar-refractivity contribution in [2.75, 3.05) is 5.43 Å². The molecule has 2 aromatic heterocycles. The Labute approximate surface area is 142 Å². The van der Waals surface area contributed by atoms with Crippen molar-refractivity contribution < 1.29 is 18.0 Å². The highest BCUT2D eigenvalue weighted by Crippen LogP contribution is 2.34. The molecule has 2 heterocycles. The monoisotopic (exact) mass is 384 g/mol. The van der Waals surface area contributed by atoms with E-state index < -0.39 is 23.5 Å². The summed E-state index contributed by atoms with van der Waals surface area (Å²) in [5, 5.41) is -0.217. The Bertz CT molecular complexity index is 755. The molecule has 0 spiro atoms. The van der Waals surface area contributed by atoms with Crippen LogP contribution >= 0.6 is 34.8 Å². The Morgan fingerprint density at radius 3 is 2.30 bits per heavy atom. The second kappa shape index (κ2) is 6.77. The van der Waals surface area contributed by atoms with Crippen molar-refractivity contribution in [3.05, 3.63) is 50.9 Å². The number of rotatable bonds is 3. The summed E-state index contributed by atoms with van der Waals surface area (Å²) in [6, 6.07) is 1.89. The van der Waals surface area contributed by atoms with E-state index in [1.54, 1.807) is 0 Å². The van der Waals surface area contributed by atoms with Gasteiger partial charge < -0.3 is 0 Å². The fourth-order valence-corrected chi connectivity index (χ4v) is 2.03. The molecule has 0 radical (unpaired) electrons. The zero-order valence-corrected chi connectivity index (χ0v) is 13.1. The number of anilines is 1. The van der Waals surface area contributed by atoms with Gasteiger partial charge in [-0.15, -0.1) is 0 Å². The van der Waals surface area contributed by atoms with Gasteiger partial charge in [0.25, 0.3) is 5.91 Å². The van der Waals surface area contributed by atoms with Gasteiger partial charge in [-0.25, -0.2) is 9.97 Å². The molecular weight excluding hydrogens is 380 g/mol. The second-order valence-electron chi connectivity index (χ2n) is 4.12. The van der Waals surface area contributed by atoms with Crippen LogP contribution in [0.2, 0.25) is 15.2 Å². The smallest absolute Gasteiger partial charge is 0.281 e. The molecule has 2 rings (SSSR count). The molecular formula is C12H6Cl3F3N4O. The van der Waals surface area contributed by atoms with Crippen molar-refractivity contribution in [2.24, 2.45) is 0 Å². The third kappa shape index (κ3) is 4.37. The van der Waals surface area contributed by atoms with E-state index in [2.05, 4.69) is 15.4 Å². The number of amides is 1. The van der Waals surface area contributed by atoms with Crippen LogP contribution in [0, 0.1) is 0 Å². The first kappa shape index (κ1) is 17.6. The van der Waals surface area contributed by atoms with Gasteiger partial charge in [0.15, 0.2) is 5.82 Å². The topological polar surface area (TPSA) is 66.9 Å². The van der Waals surface area contributed by atoms with Crippen LogP contribution in [0.3, 0.4) is 0 Å². The molecule has 5 nitrogen and oxygen atoms in total. The number of alkyl halides is 3. The number of carbonyl (C=O) groups is 1. The van der Waals surface area contributed by atoms with E-state index in [0.717, 1.165) is 6.20 Å². The van der Waals surface area contributed by atoms with Crippen molar-refractivity contribution in [3.8, 4) is 0 Å². The highest BCUT2D eigenvalue weighted by atomic mass is 35.5. The van der Waals surface area contributed by atoms with Crippen LogP contribution in [0.5, 0.6) is 0 Å². The largest absolute Gasteiger partial charge is 0.420 e. The number of hydrogen-bond donors (Lipinski definition) is 2. The third-order valence-corrected chi connectivity index (χ3v) is 3.22. The van der Waals surface area contributed by atoms with E-state index in [4.69, 9.17) is 34.8 Å². The molecule has 0 saturated heterocycles. The first-order valence-electron chi connectivity index (χ1n) is 5.78. The number of hydrogen-bond acceptors (Lipinski definition) is 4. The van der Waals surface area contributed by atoms with E-state index in [0.29, 0.717) is 6.07 Å². The Hall–Kier alpha value is -1.77. The van der Waals surface area contributed by atoms with E-state index in [9.17, 15) is 18.0 Å². The average Bonchev–Trinajstić information content (AvgIpc) is 2.47. The van der Waals surface area contributed by atoms with Gasteiger partial charge in [-0.3, -0.25) is 15.6 Å². The lowest BCUT2D eigenvalue weighted by Crippen LogP contribution is -2.31. The van der Waals surface area contributed by atoms with Crippen molar-refractivity contribution in [3.63, 3.8) is 0 Å². The van der Waals surface area contributed by atoms with Crippen molar-refractivity contribution >= 4 is 46.5 Å². The van der Waals surface area contributed by atoms with Crippen LogP contribution in [0.25, 0.3) is 0 Å². The van der Waals surface area contributed by atoms with Gasteiger partial charge in [-0.05, 0) is 12.1 Å². The SMILES string of the molecule is O=C(NNc1ncc(Cl)cc1C(F)(F)F)c1cc(Cl)cnc1Cl. The number of nitrogens with zero attached hydrogens (tertiary/aromatic N) is 2. The highest BCUT2D eigenvalue weighted by Gasteiger charge is 2.35. The molecule has 0 bridgehead atoms. The molecule has 23 heavy (non-hydrogen) atoms. The third-order valence-electron chi connectivity index (χ3n) is 2.50. The number of hydrazine groups is 1. The average molecular weight is 386 g/mol. The summed E-state index contributed by atoms with van der Waals surface area (Å²) in [5.41, 5.74) is 2.86. The molecule has 122 valence electrons. The van der Waals surface area contributed by atoms with Crippen LogP contribution in [0.4, 0.5) is 19.0 Å². The summed E-state index contributed by atoms with van der Waals surface area (Å²) < 4.78 is 38.7. The summed E-state index contributed by atoms with van der Waals surface area (Å²) in [6.07, 6.45) is -2.49. The Kier molecular flexibility index (Phi) is 5.18. The molecule has 2 aromatic rings. The van der Waals surface area contributed by atoms with Gasteiger partial charge in [0.2, 0.25) is 0 Å². The van der Waals surface area contributed by atoms with Crippen LogP contribution < -0.4 is 10.9 Å². The van der Waals surface area contributed by atoms with E-state index in [1.807, 2.05) is 5.43 Å². The van der Waals surface area contributed by atoms with Crippen molar-refractivity contribution in [1.82, 2.24) is 15.4 Å². The standard InChI is InChI=1S/C12H6Cl3F3N4O/c13-5-1-7(9(15)19-3-5)11(23)22-21-10-8(12(16,17)18)2-6(14)4-20-10/h1-4H,(H,20,21)(H,22,23). The van der Waals surface area contributed by atoms with Crippen LogP contribution in [-0.2, 0) is 6.18 Å². The molecule has 11 heteroatoms. The molecule has 2 N–H and O–H groups in total. The fourth-order valence-electron chi connectivity index (χ4n) is 1.52. The predicted molar refractivity (Wildman–Crippen MR) is 79.6 cm³/mol. The van der Waals surface area contributed by atoms with Gasteiger partial charge >= 0.3 is 6.18 Å². The van der Waals surface area contributed by atoms with Crippen LogP contribution in [-0.4, -0.2) is 15.9 Å². The molecule has 0 aliphatic heterocycles. The van der Waals surface area contributed by atoms with E-state index >= 15 is 0 Å². The van der Waals surface area contributed by atoms with Gasteiger partial charge in [-0.1, -0.05) is 34.8 Å². The molecule has 0 aliphatic rings. The molecule has 0 atom stereocenters. The Morgan fingerprint density at radius 1 is 1.04 bits per heavy atom. The lowest BCUT2D eigenvalue weighted by atomic mass is 10.2. The molecule has 0 saturated carbocycles. The van der Waals surface area contributed by atoms with Gasteiger partial charge in [-0.2, -0.15) is 13.2 Å². The van der Waals surface area contributed by atoms with Crippen molar-refractivity contribution in [2.45, 2.75) is 6.18 Å². The molecule has 0 unspecified atom stereocenters. The number of halogens is 6. The molecule has 0 fully saturated rings. The van der Waals surface area contributed by atoms with Crippen molar-refractivity contribution in [1.29, 1.82) is 0 Å². The zero-order valence-electron chi connectivity index (χ0n) is 10.9. The molecule has 0 aliphatic carbocycles. The summed E-state index contributed by atoms with van der Waals surface area (Å²) >= 11 is 16.9. The number of pyridine rings is 2. The minimum atomic E-state index is -4.71. The predicted octanol–water partition coefficient (Wildman–Crippen LogP) is 4.21. The van der Waals surface area contributed by atoms with Crippen LogP contribution in [0.1, 0.15) is 15.9 Å². The lowest BCUT2D eigenvalue weighted by molar-refractivity contribution is -0.137. The fraction of sp³-hybridized carbons (Fsp3) is 0.0833. The minimum Gasteiger partial charge on any atom is -0.281 e. The van der Waals surface area contributed by atoms with Gasteiger partial charge in [0.05, 0.1) is 15.6 Å². The van der Waals surface area contributed by atoms with Gasteiger partial charge in [0.1, 0.15) is 10.7 Å². The van der Waals surface area contributed by atoms with Crippen LogP contribution in [0.15, 0.2) is 24.5 Å². The first-order chi connectivity index (χ1) is 10.7. The maximum Gasteiger partial charge on any atom is 0.420 e. The van der Waals surface area contributed by atoms with Gasteiger partial charge in [0, 0.05) is 12.4 Å². The summed E-state index contributed by atoms with van der Waals surface area (Å²) in [7, 11) is 0. The maximum absolute atomic E-state index is 12.9. The van der Waals surface area contributed by atoms with E-state index in [-0.39, 0.29) is 20.8 Å². The molecule has 1 amide bonds. The molecule has 0 aromatic carbocycles. The zero-order chi connectivity index (χ0) is 17.2. The minimum absolute atomic E-state index is 0.116. The normalized spacial score (nSPS) is 11.2. The lowest BCUT2D eigenvalue weighted by Gasteiger charge is -2.14.